The first kappa shape index (κ1) is 18.7. The minimum Gasteiger partial charge on any atom is -0.383 e. The van der Waals surface area contributed by atoms with Gasteiger partial charge in [0.05, 0.1) is 18.8 Å². The van der Waals surface area contributed by atoms with Crippen LogP contribution in [0.3, 0.4) is 0 Å². The number of carbonyl (C=O) groups is 1. The number of nitrogens with zero attached hydrogens (tertiary/aromatic N) is 3. The second-order valence-corrected chi connectivity index (χ2v) is 6.67. The van der Waals surface area contributed by atoms with Crippen molar-refractivity contribution in [3.63, 3.8) is 0 Å². The van der Waals surface area contributed by atoms with E-state index in [0.717, 1.165) is 44.7 Å². The highest BCUT2D eigenvalue weighted by molar-refractivity contribution is 5.79. The number of methoxy groups -OCH3 is 1. The van der Waals surface area contributed by atoms with E-state index in [0.29, 0.717) is 6.61 Å². The van der Waals surface area contributed by atoms with Crippen LogP contribution in [-0.4, -0.2) is 53.4 Å². The number of aryl methyl sites for hydroxylation is 1. The third-order valence-electron chi connectivity index (χ3n) is 4.52. The molecule has 1 N–H and O–H groups in total. The minimum absolute atomic E-state index is 0.0684. The molecule has 2 rings (SSSR count). The van der Waals surface area contributed by atoms with Crippen molar-refractivity contribution < 1.29 is 9.53 Å². The van der Waals surface area contributed by atoms with Crippen LogP contribution in [-0.2, 0) is 22.6 Å². The predicted molar refractivity (Wildman–Crippen MR) is 94.6 cm³/mol. The fourth-order valence-electron chi connectivity index (χ4n) is 3.19. The predicted octanol–water partition coefficient (Wildman–Crippen LogP) is 1.74. The molecule has 1 saturated heterocycles. The van der Waals surface area contributed by atoms with Gasteiger partial charge in [-0.25, -0.2) is 0 Å². The Morgan fingerprint density at radius 1 is 1.54 bits per heavy atom. The van der Waals surface area contributed by atoms with Crippen molar-refractivity contribution in [1.29, 1.82) is 0 Å². The first-order valence-electron chi connectivity index (χ1n) is 8.69. The zero-order valence-corrected chi connectivity index (χ0v) is 15.1. The van der Waals surface area contributed by atoms with E-state index < -0.39 is 0 Å². The summed E-state index contributed by atoms with van der Waals surface area (Å²) >= 11 is 0. The summed E-state index contributed by atoms with van der Waals surface area (Å²) in [5.74, 6) is 0.277. The molecule has 1 aromatic heterocycles. The molecule has 6 heteroatoms. The lowest BCUT2D eigenvalue weighted by Crippen LogP contribution is -2.44. The number of ether oxygens (including phenoxy) is 1. The quantitative estimate of drug-likeness (QED) is 0.736. The lowest BCUT2D eigenvalue weighted by atomic mass is 9.95. The molecule has 1 atom stereocenters. The Morgan fingerprint density at radius 3 is 2.88 bits per heavy atom. The molecular formula is C18H30N4O2. The third kappa shape index (κ3) is 5.18. The molecule has 134 valence electrons. The Labute approximate surface area is 144 Å². The number of hydrogen-bond donors (Lipinski definition) is 1. The SMILES string of the molecule is C=CCn1cc(CN2CCC(C(=O)N[C@H](C)COC)CC2)c(C)n1. The van der Waals surface area contributed by atoms with E-state index in [4.69, 9.17) is 4.74 Å². The Balaban J connectivity index is 1.80. The van der Waals surface area contributed by atoms with Crippen molar-refractivity contribution in [3.05, 3.63) is 30.1 Å². The zero-order valence-electron chi connectivity index (χ0n) is 15.1. The number of aromatic nitrogens is 2. The van der Waals surface area contributed by atoms with Crippen LogP contribution >= 0.6 is 0 Å². The molecule has 0 unspecified atom stereocenters. The molecule has 6 nitrogen and oxygen atoms in total. The summed E-state index contributed by atoms with van der Waals surface area (Å²) in [5, 5.41) is 7.54. The Hall–Kier alpha value is -1.66. The molecule has 0 saturated carbocycles. The van der Waals surface area contributed by atoms with Crippen molar-refractivity contribution in [3.8, 4) is 0 Å². The maximum absolute atomic E-state index is 12.3. The fourth-order valence-corrected chi connectivity index (χ4v) is 3.19. The monoisotopic (exact) mass is 334 g/mol. The van der Waals surface area contributed by atoms with Crippen molar-refractivity contribution >= 4 is 5.91 Å². The summed E-state index contributed by atoms with van der Waals surface area (Å²) in [7, 11) is 1.65. The molecule has 0 radical (unpaired) electrons. The van der Waals surface area contributed by atoms with Crippen molar-refractivity contribution in [2.45, 2.75) is 45.8 Å². The first-order valence-corrected chi connectivity index (χ1v) is 8.69. The number of rotatable bonds is 8. The zero-order chi connectivity index (χ0) is 17.5. The van der Waals surface area contributed by atoms with Crippen LogP contribution in [0.4, 0.5) is 0 Å². The van der Waals surface area contributed by atoms with Gasteiger partial charge in [-0.15, -0.1) is 6.58 Å². The normalized spacial score (nSPS) is 17.6. The van der Waals surface area contributed by atoms with E-state index in [2.05, 4.69) is 28.1 Å². The summed E-state index contributed by atoms with van der Waals surface area (Å²) in [6.07, 6.45) is 5.77. The van der Waals surface area contributed by atoms with E-state index in [-0.39, 0.29) is 17.9 Å². The van der Waals surface area contributed by atoms with Crippen LogP contribution in [0, 0.1) is 12.8 Å². The van der Waals surface area contributed by atoms with Crippen LogP contribution < -0.4 is 5.32 Å². The van der Waals surface area contributed by atoms with Crippen LogP contribution in [0.25, 0.3) is 0 Å². The summed E-state index contributed by atoms with van der Waals surface area (Å²) in [5.41, 5.74) is 2.33. The van der Waals surface area contributed by atoms with Gasteiger partial charge in [-0.2, -0.15) is 5.10 Å². The number of allylic oxidation sites excluding steroid dienone is 1. The first-order chi connectivity index (χ1) is 11.5. The van der Waals surface area contributed by atoms with Gasteiger partial charge in [0, 0.05) is 37.4 Å². The number of carbonyl (C=O) groups excluding carboxylic acids is 1. The molecule has 1 amide bonds. The van der Waals surface area contributed by atoms with Crippen LogP contribution in [0.15, 0.2) is 18.9 Å². The Morgan fingerprint density at radius 2 is 2.25 bits per heavy atom. The van der Waals surface area contributed by atoms with Gasteiger partial charge in [0.15, 0.2) is 0 Å². The van der Waals surface area contributed by atoms with E-state index in [9.17, 15) is 4.79 Å². The van der Waals surface area contributed by atoms with Crippen molar-refractivity contribution in [2.75, 3.05) is 26.8 Å². The van der Waals surface area contributed by atoms with Gasteiger partial charge in [-0.3, -0.25) is 14.4 Å². The van der Waals surface area contributed by atoms with Gasteiger partial charge < -0.3 is 10.1 Å². The number of likely N-dealkylation sites (tertiary alicyclic amines) is 1. The molecule has 1 fully saturated rings. The maximum Gasteiger partial charge on any atom is 0.223 e. The van der Waals surface area contributed by atoms with Gasteiger partial charge in [0.2, 0.25) is 5.91 Å². The molecule has 1 aliphatic rings. The summed E-state index contributed by atoms with van der Waals surface area (Å²) in [4.78, 5) is 14.7. The lowest BCUT2D eigenvalue weighted by molar-refractivity contribution is -0.127. The van der Waals surface area contributed by atoms with Gasteiger partial charge in [-0.1, -0.05) is 6.08 Å². The third-order valence-corrected chi connectivity index (χ3v) is 4.52. The maximum atomic E-state index is 12.3. The number of amides is 1. The van der Waals surface area contributed by atoms with Crippen LogP contribution in [0.5, 0.6) is 0 Å². The van der Waals surface area contributed by atoms with Crippen molar-refractivity contribution in [2.24, 2.45) is 5.92 Å². The lowest BCUT2D eigenvalue weighted by Gasteiger charge is -2.31. The minimum atomic E-state index is 0.0684. The topological polar surface area (TPSA) is 59.4 Å². The van der Waals surface area contributed by atoms with Gasteiger partial charge in [0.25, 0.3) is 0 Å². The largest absolute Gasteiger partial charge is 0.383 e. The summed E-state index contributed by atoms with van der Waals surface area (Å²) in [6, 6.07) is 0.0684. The molecule has 1 aliphatic heterocycles. The average Bonchev–Trinajstić information content (AvgIpc) is 2.88. The number of hydrogen-bond acceptors (Lipinski definition) is 4. The molecule has 0 aliphatic carbocycles. The number of piperidine rings is 1. The Kier molecular flexibility index (Phi) is 6.99. The van der Waals surface area contributed by atoms with Gasteiger partial charge in [0.1, 0.15) is 0 Å². The average molecular weight is 334 g/mol. The highest BCUT2D eigenvalue weighted by Crippen LogP contribution is 2.20. The molecule has 24 heavy (non-hydrogen) atoms. The van der Waals surface area contributed by atoms with Crippen LogP contribution in [0.1, 0.15) is 31.0 Å². The summed E-state index contributed by atoms with van der Waals surface area (Å²) < 4.78 is 6.99. The molecule has 2 heterocycles. The van der Waals surface area contributed by atoms with E-state index in [1.807, 2.05) is 24.6 Å². The molecule has 0 aromatic carbocycles. The summed E-state index contributed by atoms with van der Waals surface area (Å²) in [6.45, 7) is 11.9. The van der Waals surface area contributed by atoms with Crippen molar-refractivity contribution in [1.82, 2.24) is 20.0 Å². The highest BCUT2D eigenvalue weighted by atomic mass is 16.5. The highest BCUT2D eigenvalue weighted by Gasteiger charge is 2.26. The van der Waals surface area contributed by atoms with Gasteiger partial charge in [-0.05, 0) is 39.8 Å². The van der Waals surface area contributed by atoms with E-state index in [1.54, 1.807) is 7.11 Å². The standard InChI is InChI=1S/C18H30N4O2/c1-5-8-22-12-17(15(3)20-22)11-21-9-6-16(7-10-21)18(23)19-14(2)13-24-4/h5,12,14,16H,1,6-11,13H2,2-4H3,(H,19,23)/t14-/m1/s1. The van der Waals surface area contributed by atoms with E-state index in [1.165, 1.54) is 5.56 Å². The number of nitrogens with one attached hydrogen (secondary N) is 1. The molecular weight excluding hydrogens is 304 g/mol. The fraction of sp³-hybridized carbons (Fsp3) is 0.667. The van der Waals surface area contributed by atoms with E-state index >= 15 is 0 Å². The molecule has 0 bridgehead atoms. The Bertz CT molecular complexity index is 547. The molecule has 1 aromatic rings. The van der Waals surface area contributed by atoms with Crippen LogP contribution in [0.2, 0.25) is 0 Å². The second-order valence-electron chi connectivity index (χ2n) is 6.67. The van der Waals surface area contributed by atoms with Gasteiger partial charge >= 0.3 is 0 Å². The second kappa shape index (κ2) is 8.99. The smallest absolute Gasteiger partial charge is 0.223 e. The molecule has 0 spiro atoms.